The first-order chi connectivity index (χ1) is 25.5. The molecule has 52 heavy (non-hydrogen) atoms. The van der Waals surface area contributed by atoms with Crippen LogP contribution in [0.1, 0.15) is 258 Å². The lowest BCUT2D eigenvalue weighted by molar-refractivity contribution is -0.124. The fourth-order valence-corrected chi connectivity index (χ4v) is 7.46. The molecule has 0 bridgehead atoms. The van der Waals surface area contributed by atoms with Crippen LogP contribution in [0, 0.1) is 0 Å². The minimum absolute atomic E-state index is 0.0185. The molecule has 0 aliphatic rings. The van der Waals surface area contributed by atoms with Crippen molar-refractivity contribution in [2.45, 2.75) is 276 Å². The molecule has 0 rings (SSSR count). The summed E-state index contributed by atoms with van der Waals surface area (Å²) in [6, 6.07) is -0.738. The second-order valence-electron chi connectivity index (χ2n) is 16.4. The van der Waals surface area contributed by atoms with Crippen molar-refractivity contribution < 1.29 is 20.1 Å². The van der Waals surface area contributed by atoms with Gasteiger partial charge in [-0.25, -0.2) is 0 Å². The number of aliphatic hydroxyl groups excluding tert-OH is 3. The molecule has 4 N–H and O–H groups in total. The normalized spacial score (nSPS) is 13.6. The summed E-state index contributed by atoms with van der Waals surface area (Å²) in [5.41, 5.74) is 0. The molecule has 0 radical (unpaired) electrons. The number of allylic oxidation sites excluding steroid dienone is 1. The number of carbonyl (C=O) groups excluding carboxylic acids is 1. The number of unbranched alkanes of at least 4 members (excludes halogenated alkanes) is 34. The summed E-state index contributed by atoms with van der Waals surface area (Å²) in [6.07, 6.45) is 51.0. The average Bonchev–Trinajstić information content (AvgIpc) is 3.14. The van der Waals surface area contributed by atoms with Crippen LogP contribution in [0.4, 0.5) is 0 Å². The van der Waals surface area contributed by atoms with Gasteiger partial charge < -0.3 is 20.6 Å². The van der Waals surface area contributed by atoms with E-state index in [0.29, 0.717) is 6.42 Å². The minimum atomic E-state index is -0.923. The molecule has 0 aromatic carbocycles. The van der Waals surface area contributed by atoms with E-state index in [1.165, 1.54) is 205 Å². The molecule has 1 amide bonds. The number of aliphatic hydroxyl groups is 3. The first kappa shape index (κ1) is 51.1. The van der Waals surface area contributed by atoms with Gasteiger partial charge in [-0.3, -0.25) is 4.79 Å². The van der Waals surface area contributed by atoms with Crippen molar-refractivity contribution in [3.8, 4) is 0 Å². The van der Waals surface area contributed by atoms with Crippen molar-refractivity contribution in [1.29, 1.82) is 0 Å². The molecule has 0 aromatic rings. The van der Waals surface area contributed by atoms with E-state index >= 15 is 0 Å². The van der Waals surface area contributed by atoms with Crippen LogP contribution in [0.25, 0.3) is 0 Å². The van der Waals surface area contributed by atoms with Crippen LogP contribution in [-0.4, -0.2) is 46.1 Å². The highest BCUT2D eigenvalue weighted by molar-refractivity contribution is 5.76. The summed E-state index contributed by atoms with van der Waals surface area (Å²) in [7, 11) is 0. The average molecular weight is 736 g/mol. The third-order valence-electron chi connectivity index (χ3n) is 11.1. The fraction of sp³-hybridized carbons (Fsp3) is 0.936. The van der Waals surface area contributed by atoms with E-state index in [2.05, 4.69) is 19.2 Å². The van der Waals surface area contributed by atoms with E-state index in [0.717, 1.165) is 25.7 Å². The molecule has 3 unspecified atom stereocenters. The van der Waals surface area contributed by atoms with Crippen LogP contribution in [0.2, 0.25) is 0 Å². The van der Waals surface area contributed by atoms with Crippen LogP contribution in [0.15, 0.2) is 12.2 Å². The van der Waals surface area contributed by atoms with E-state index < -0.39 is 18.2 Å². The molecule has 0 spiro atoms. The van der Waals surface area contributed by atoms with E-state index in [-0.39, 0.29) is 18.9 Å². The first-order valence-corrected chi connectivity index (χ1v) is 23.5. The Hall–Kier alpha value is -0.910. The monoisotopic (exact) mass is 736 g/mol. The smallest absolute Gasteiger partial charge is 0.222 e. The molecule has 0 fully saturated rings. The number of nitrogens with one attached hydrogen (secondary N) is 1. The highest BCUT2D eigenvalue weighted by Gasteiger charge is 2.20. The largest absolute Gasteiger partial charge is 0.394 e. The Morgan fingerprint density at radius 2 is 0.788 bits per heavy atom. The van der Waals surface area contributed by atoms with Crippen molar-refractivity contribution >= 4 is 5.91 Å². The SMILES string of the molecule is CCCCCCCCCC/C=C/C(O)C(CO)NC(=O)CC(O)CCCCCCCCCCCCCCCCCCCCCCCCCCCCC. The molecular weight excluding hydrogens is 643 g/mol. The van der Waals surface area contributed by atoms with Gasteiger partial charge in [0.2, 0.25) is 5.91 Å². The Labute approximate surface area is 325 Å². The van der Waals surface area contributed by atoms with E-state index in [9.17, 15) is 20.1 Å². The second kappa shape index (κ2) is 42.8. The van der Waals surface area contributed by atoms with E-state index in [4.69, 9.17) is 0 Å². The van der Waals surface area contributed by atoms with Gasteiger partial charge in [0, 0.05) is 0 Å². The third kappa shape index (κ3) is 38.8. The molecule has 0 heterocycles. The lowest BCUT2D eigenvalue weighted by atomic mass is 10.0. The highest BCUT2D eigenvalue weighted by Crippen LogP contribution is 2.17. The van der Waals surface area contributed by atoms with Crippen molar-refractivity contribution in [1.82, 2.24) is 5.32 Å². The zero-order valence-electron chi connectivity index (χ0n) is 35.2. The molecule has 3 atom stereocenters. The molecule has 5 nitrogen and oxygen atoms in total. The Bertz CT molecular complexity index is 728. The maximum atomic E-state index is 12.4. The van der Waals surface area contributed by atoms with Crippen LogP contribution in [0.5, 0.6) is 0 Å². The lowest BCUT2D eigenvalue weighted by Crippen LogP contribution is -2.45. The minimum Gasteiger partial charge on any atom is -0.394 e. The summed E-state index contributed by atoms with van der Waals surface area (Å²) >= 11 is 0. The summed E-state index contributed by atoms with van der Waals surface area (Å²) in [6.45, 7) is 4.21. The van der Waals surface area contributed by atoms with Gasteiger partial charge in [-0.2, -0.15) is 0 Å². The van der Waals surface area contributed by atoms with Gasteiger partial charge in [0.1, 0.15) is 0 Å². The summed E-state index contributed by atoms with van der Waals surface area (Å²) in [5.74, 6) is -0.313. The molecule has 0 saturated carbocycles. The topological polar surface area (TPSA) is 89.8 Å². The zero-order chi connectivity index (χ0) is 38.0. The highest BCUT2D eigenvalue weighted by atomic mass is 16.3. The lowest BCUT2D eigenvalue weighted by Gasteiger charge is -2.21. The Morgan fingerprint density at radius 3 is 1.12 bits per heavy atom. The molecule has 310 valence electrons. The molecular formula is C47H93NO4. The van der Waals surface area contributed by atoms with Crippen molar-refractivity contribution in [2.24, 2.45) is 0 Å². The second-order valence-corrected chi connectivity index (χ2v) is 16.4. The Morgan fingerprint density at radius 1 is 0.481 bits per heavy atom. The zero-order valence-corrected chi connectivity index (χ0v) is 35.2. The molecule has 0 aromatic heterocycles. The number of hydrogen-bond donors (Lipinski definition) is 4. The number of amides is 1. The van der Waals surface area contributed by atoms with Crippen molar-refractivity contribution in [3.63, 3.8) is 0 Å². The van der Waals surface area contributed by atoms with Crippen molar-refractivity contribution in [2.75, 3.05) is 6.61 Å². The van der Waals surface area contributed by atoms with E-state index in [1.807, 2.05) is 6.08 Å². The summed E-state index contributed by atoms with van der Waals surface area (Å²) in [4.78, 5) is 12.4. The van der Waals surface area contributed by atoms with Crippen LogP contribution >= 0.6 is 0 Å². The quantitative estimate of drug-likeness (QED) is 0.0371. The standard InChI is InChI=1S/C47H93NO4/c1-3-5-7-9-11-13-15-16-17-18-19-20-21-22-23-24-25-26-27-28-29-30-31-32-34-36-38-40-44(50)42-47(52)48-45(43-49)46(51)41-39-37-35-33-14-12-10-8-6-4-2/h39,41,44-46,49-51H,3-38,40,42-43H2,1-2H3,(H,48,52)/b41-39+. The summed E-state index contributed by atoms with van der Waals surface area (Å²) in [5, 5.41) is 33.1. The Balaban J connectivity index is 3.49. The predicted octanol–water partition coefficient (Wildman–Crippen LogP) is 13.6. The Kier molecular flexibility index (Phi) is 42.1. The maximum Gasteiger partial charge on any atom is 0.222 e. The van der Waals surface area contributed by atoms with Gasteiger partial charge in [-0.05, 0) is 19.3 Å². The van der Waals surface area contributed by atoms with E-state index in [1.54, 1.807) is 6.08 Å². The van der Waals surface area contributed by atoms with Gasteiger partial charge in [0.15, 0.2) is 0 Å². The predicted molar refractivity (Wildman–Crippen MR) is 227 cm³/mol. The number of hydrogen-bond acceptors (Lipinski definition) is 4. The molecule has 0 aliphatic heterocycles. The van der Waals surface area contributed by atoms with Gasteiger partial charge >= 0.3 is 0 Å². The van der Waals surface area contributed by atoms with Crippen LogP contribution in [-0.2, 0) is 4.79 Å². The van der Waals surface area contributed by atoms with Gasteiger partial charge in [0.05, 0.1) is 31.3 Å². The summed E-state index contributed by atoms with van der Waals surface area (Å²) < 4.78 is 0. The fourth-order valence-electron chi connectivity index (χ4n) is 7.46. The van der Waals surface area contributed by atoms with Crippen LogP contribution in [0.3, 0.4) is 0 Å². The number of rotatable bonds is 43. The number of carbonyl (C=O) groups is 1. The molecule has 0 aliphatic carbocycles. The van der Waals surface area contributed by atoms with Crippen LogP contribution < -0.4 is 5.32 Å². The van der Waals surface area contributed by atoms with Gasteiger partial charge in [-0.15, -0.1) is 0 Å². The maximum absolute atomic E-state index is 12.4. The van der Waals surface area contributed by atoms with Gasteiger partial charge in [0.25, 0.3) is 0 Å². The van der Waals surface area contributed by atoms with Crippen molar-refractivity contribution in [3.05, 3.63) is 12.2 Å². The molecule has 5 heteroatoms. The third-order valence-corrected chi connectivity index (χ3v) is 11.1. The molecule has 0 saturated heterocycles. The first-order valence-electron chi connectivity index (χ1n) is 23.5. The van der Waals surface area contributed by atoms with Gasteiger partial charge in [-0.1, -0.05) is 244 Å².